The highest BCUT2D eigenvalue weighted by Gasteiger charge is 2.19. The molecule has 2 heterocycles. The van der Waals surface area contributed by atoms with Crippen molar-refractivity contribution in [1.29, 1.82) is 0 Å². The van der Waals surface area contributed by atoms with E-state index in [2.05, 4.69) is 20.9 Å². The maximum atomic E-state index is 12.2. The first kappa shape index (κ1) is 15.3. The average molecular weight is 310 g/mol. The molecule has 0 radical (unpaired) electrons. The largest absolute Gasteiger partial charge is 0.361 e. The molecule has 2 aromatic heterocycles. The van der Waals surface area contributed by atoms with E-state index in [-0.39, 0.29) is 17.0 Å². The van der Waals surface area contributed by atoms with Crippen molar-refractivity contribution < 1.29 is 9.32 Å². The number of aromatic nitrogens is 2. The van der Waals surface area contributed by atoms with Crippen LogP contribution >= 0.6 is 11.6 Å². The second-order valence-electron chi connectivity index (χ2n) is 4.63. The molecule has 1 unspecified atom stereocenters. The predicted octanol–water partition coefficient (Wildman–Crippen LogP) is 2.12. The number of amides is 1. The number of hydrogen-bond acceptors (Lipinski definition) is 6. The number of aryl methyl sites for hydroxylation is 2. The van der Waals surface area contributed by atoms with E-state index in [1.807, 2.05) is 13.8 Å². The van der Waals surface area contributed by atoms with Crippen LogP contribution in [0.4, 0.5) is 5.82 Å². The Morgan fingerprint density at radius 2 is 2.19 bits per heavy atom. The molecular weight excluding hydrogens is 294 g/mol. The molecule has 8 heteroatoms. The molecule has 0 aromatic carbocycles. The number of nitrogens with two attached hydrogens (primary N) is 1. The number of nitrogen functional groups attached to an aromatic ring is 1. The molecule has 4 N–H and O–H groups in total. The number of carbonyl (C=O) groups excluding carboxylic acids is 1. The van der Waals surface area contributed by atoms with Gasteiger partial charge in [0.2, 0.25) is 0 Å². The Bertz CT molecular complexity index is 651. The second-order valence-corrected chi connectivity index (χ2v) is 5.04. The lowest BCUT2D eigenvalue weighted by molar-refractivity contribution is 0.0939. The maximum absolute atomic E-state index is 12.2. The quantitative estimate of drug-likeness (QED) is 0.590. The summed E-state index contributed by atoms with van der Waals surface area (Å²) in [5.41, 5.74) is 4.30. The van der Waals surface area contributed by atoms with E-state index in [1.165, 1.54) is 12.3 Å². The van der Waals surface area contributed by atoms with Crippen LogP contribution in [0.1, 0.15) is 40.3 Å². The Hall–Kier alpha value is -2.12. The van der Waals surface area contributed by atoms with E-state index in [0.29, 0.717) is 17.1 Å². The molecular formula is C13H16ClN5O2. The molecule has 0 aliphatic heterocycles. The van der Waals surface area contributed by atoms with Crippen LogP contribution in [-0.2, 0) is 0 Å². The summed E-state index contributed by atoms with van der Waals surface area (Å²) in [6.07, 6.45) is 1.40. The molecule has 0 saturated carbocycles. The number of hydrazine groups is 1. The van der Waals surface area contributed by atoms with E-state index in [1.54, 1.807) is 6.92 Å². The van der Waals surface area contributed by atoms with Gasteiger partial charge in [0.05, 0.1) is 22.3 Å². The average Bonchev–Trinajstić information content (AvgIpc) is 2.77. The first-order valence-electron chi connectivity index (χ1n) is 6.29. The number of hydrogen-bond donors (Lipinski definition) is 3. The Labute approximate surface area is 126 Å². The number of nitrogens with one attached hydrogen (secondary N) is 2. The van der Waals surface area contributed by atoms with Crippen LogP contribution < -0.4 is 16.6 Å². The summed E-state index contributed by atoms with van der Waals surface area (Å²) in [5.74, 6) is 5.94. The number of nitrogens with zero attached hydrogens (tertiary/aromatic N) is 2. The molecule has 1 amide bonds. The summed E-state index contributed by atoms with van der Waals surface area (Å²) >= 11 is 5.95. The van der Waals surface area contributed by atoms with Crippen molar-refractivity contribution in [2.75, 3.05) is 5.43 Å². The summed E-state index contributed by atoms with van der Waals surface area (Å²) in [7, 11) is 0. The number of halogens is 1. The van der Waals surface area contributed by atoms with Gasteiger partial charge in [-0.2, -0.15) is 0 Å². The van der Waals surface area contributed by atoms with E-state index in [4.69, 9.17) is 22.0 Å². The van der Waals surface area contributed by atoms with Gasteiger partial charge in [-0.05, 0) is 26.8 Å². The normalized spacial score (nSPS) is 12.0. The van der Waals surface area contributed by atoms with Crippen molar-refractivity contribution in [3.05, 3.63) is 39.9 Å². The summed E-state index contributed by atoms with van der Waals surface area (Å²) in [5, 5.41) is 7.00. The summed E-state index contributed by atoms with van der Waals surface area (Å²) < 4.78 is 5.10. The summed E-state index contributed by atoms with van der Waals surface area (Å²) in [6.45, 7) is 5.49. The third kappa shape index (κ3) is 3.14. The lowest BCUT2D eigenvalue weighted by Crippen LogP contribution is -2.27. The van der Waals surface area contributed by atoms with E-state index in [0.717, 1.165) is 11.3 Å². The molecule has 1 atom stereocenters. The molecule has 112 valence electrons. The fourth-order valence-electron chi connectivity index (χ4n) is 2.13. The molecule has 7 nitrogen and oxygen atoms in total. The zero-order chi connectivity index (χ0) is 15.6. The molecule has 0 saturated heterocycles. The van der Waals surface area contributed by atoms with Crippen LogP contribution in [-0.4, -0.2) is 16.0 Å². The summed E-state index contributed by atoms with van der Waals surface area (Å²) in [6, 6.07) is 1.26. The first-order valence-corrected chi connectivity index (χ1v) is 6.67. The minimum Gasteiger partial charge on any atom is -0.361 e. The monoisotopic (exact) mass is 309 g/mol. The van der Waals surface area contributed by atoms with Crippen LogP contribution in [0.2, 0.25) is 5.02 Å². The number of pyridine rings is 1. The Balaban J connectivity index is 2.16. The van der Waals surface area contributed by atoms with Gasteiger partial charge in [0.1, 0.15) is 5.76 Å². The highest BCUT2D eigenvalue weighted by molar-refractivity contribution is 6.33. The topological polar surface area (TPSA) is 106 Å². The van der Waals surface area contributed by atoms with Gasteiger partial charge in [0.25, 0.3) is 5.91 Å². The summed E-state index contributed by atoms with van der Waals surface area (Å²) in [4.78, 5) is 16.2. The highest BCUT2D eigenvalue weighted by Crippen LogP contribution is 2.22. The van der Waals surface area contributed by atoms with Gasteiger partial charge in [-0.25, -0.2) is 10.8 Å². The lowest BCUT2D eigenvalue weighted by Gasteiger charge is -2.14. The van der Waals surface area contributed by atoms with Crippen LogP contribution in [0.3, 0.4) is 0 Å². The molecule has 21 heavy (non-hydrogen) atoms. The van der Waals surface area contributed by atoms with Crippen LogP contribution in [0.5, 0.6) is 0 Å². The smallest absolute Gasteiger partial charge is 0.253 e. The molecule has 0 aliphatic carbocycles. The highest BCUT2D eigenvalue weighted by atomic mass is 35.5. The fourth-order valence-corrected chi connectivity index (χ4v) is 2.35. The van der Waals surface area contributed by atoms with Crippen LogP contribution in [0.25, 0.3) is 0 Å². The second kappa shape index (κ2) is 6.11. The zero-order valence-corrected chi connectivity index (χ0v) is 12.7. The van der Waals surface area contributed by atoms with Gasteiger partial charge in [-0.3, -0.25) is 4.79 Å². The Morgan fingerprint density at radius 1 is 1.48 bits per heavy atom. The Morgan fingerprint density at radius 3 is 2.71 bits per heavy atom. The molecule has 0 aliphatic rings. The first-order chi connectivity index (χ1) is 9.93. The van der Waals surface area contributed by atoms with E-state index in [9.17, 15) is 4.79 Å². The standard InChI is InChI=1S/C13H16ClN5O2/c1-6(11-7(2)19-21-8(11)3)17-13(20)9-4-10(14)12(18-15)16-5-9/h4-6H,15H2,1-3H3,(H,16,18)(H,17,20). The van der Waals surface area contributed by atoms with E-state index < -0.39 is 0 Å². The van der Waals surface area contributed by atoms with Gasteiger partial charge in [0, 0.05) is 11.8 Å². The van der Waals surface area contributed by atoms with Crippen LogP contribution in [0.15, 0.2) is 16.8 Å². The van der Waals surface area contributed by atoms with Gasteiger partial charge < -0.3 is 15.3 Å². The van der Waals surface area contributed by atoms with Crippen molar-refractivity contribution in [1.82, 2.24) is 15.5 Å². The molecule has 0 fully saturated rings. The van der Waals surface area contributed by atoms with Crippen molar-refractivity contribution in [3.63, 3.8) is 0 Å². The third-order valence-electron chi connectivity index (χ3n) is 3.11. The molecule has 0 bridgehead atoms. The third-order valence-corrected chi connectivity index (χ3v) is 3.40. The van der Waals surface area contributed by atoms with Crippen molar-refractivity contribution in [2.24, 2.45) is 5.84 Å². The number of anilines is 1. The number of rotatable bonds is 4. The minimum atomic E-state index is -0.291. The lowest BCUT2D eigenvalue weighted by atomic mass is 10.1. The Kier molecular flexibility index (Phi) is 4.44. The molecule has 2 rings (SSSR count). The predicted molar refractivity (Wildman–Crippen MR) is 78.9 cm³/mol. The van der Waals surface area contributed by atoms with Gasteiger partial charge in [0.15, 0.2) is 5.82 Å². The molecule has 0 spiro atoms. The van der Waals surface area contributed by atoms with Gasteiger partial charge in [-0.1, -0.05) is 16.8 Å². The fraction of sp³-hybridized carbons (Fsp3) is 0.308. The van der Waals surface area contributed by atoms with E-state index >= 15 is 0 Å². The van der Waals surface area contributed by atoms with Crippen molar-refractivity contribution in [3.8, 4) is 0 Å². The maximum Gasteiger partial charge on any atom is 0.253 e. The van der Waals surface area contributed by atoms with Gasteiger partial charge >= 0.3 is 0 Å². The van der Waals surface area contributed by atoms with Crippen molar-refractivity contribution in [2.45, 2.75) is 26.8 Å². The number of carbonyl (C=O) groups is 1. The van der Waals surface area contributed by atoms with Crippen LogP contribution in [0, 0.1) is 13.8 Å². The minimum absolute atomic E-state index is 0.241. The SMILES string of the molecule is Cc1noc(C)c1C(C)NC(=O)c1cnc(NN)c(Cl)c1. The molecule has 2 aromatic rings. The van der Waals surface area contributed by atoms with Gasteiger partial charge in [-0.15, -0.1) is 0 Å². The zero-order valence-electron chi connectivity index (χ0n) is 11.9. The van der Waals surface area contributed by atoms with Crippen molar-refractivity contribution >= 4 is 23.3 Å².